The van der Waals surface area contributed by atoms with Crippen LogP contribution in [0.4, 0.5) is 0 Å². The topological polar surface area (TPSA) is 78.9 Å². The Labute approximate surface area is 476 Å². The lowest BCUT2D eigenvalue weighted by Crippen LogP contribution is -2.30. The van der Waals surface area contributed by atoms with Crippen LogP contribution in [0.25, 0.3) is 0 Å². The zero-order valence-corrected chi connectivity index (χ0v) is 50.4. The highest BCUT2D eigenvalue weighted by Gasteiger charge is 2.19. The SMILES string of the molecule is CC/C=C\C/C=C\C/C=C\C/C=C\C/C=C\C/C=C\C/C=C\C/C=C\C/C=C\CCCC(=O)OCC(COC(=O)CCCCCCC)OC(=O)CCCCCCCCCCCCCCCCCCCCCCCCCCC. The van der Waals surface area contributed by atoms with Gasteiger partial charge in [0.15, 0.2) is 6.10 Å². The number of esters is 3. The van der Waals surface area contributed by atoms with Gasteiger partial charge in [-0.05, 0) is 83.5 Å². The molecule has 0 radical (unpaired) electrons. The standard InChI is InChI=1S/C71H120O6/c1-4-7-10-13-15-17-19-21-23-25-27-29-31-33-34-35-36-38-39-41-43-45-47-49-51-53-55-58-61-64-70(73)76-67-68(66-75-69(72)63-60-57-12-9-6-3)77-71(74)65-62-59-56-54-52-50-48-46-44-42-40-37-32-30-28-26-24-22-20-18-16-14-11-8-5-2/h7,10,15,17,21,23,27,29,33-34,36,38,41,43,47,49,53,55,68H,4-6,8-9,11-14,16,18-20,22,24-26,28,30-32,35,37,39-40,42,44-46,48,50-52,54,56-67H2,1-3H3/b10-7-,17-15-,23-21-,29-27-,34-33-,38-36-,43-41-,49-47-,55-53-. The highest BCUT2D eigenvalue weighted by molar-refractivity contribution is 5.71. The van der Waals surface area contributed by atoms with Gasteiger partial charge in [0.05, 0.1) is 0 Å². The van der Waals surface area contributed by atoms with E-state index in [2.05, 4.69) is 130 Å². The number of hydrogen-bond donors (Lipinski definition) is 0. The first-order valence-electron chi connectivity index (χ1n) is 32.4. The first kappa shape index (κ1) is 73.1. The molecule has 1 unspecified atom stereocenters. The molecule has 440 valence electrons. The molecule has 0 spiro atoms. The molecule has 0 bridgehead atoms. The number of ether oxygens (including phenoxy) is 3. The lowest BCUT2D eigenvalue weighted by atomic mass is 10.0. The minimum absolute atomic E-state index is 0.0954. The summed E-state index contributed by atoms with van der Waals surface area (Å²) in [5.41, 5.74) is 0. The van der Waals surface area contributed by atoms with Crippen LogP contribution in [0.5, 0.6) is 0 Å². The lowest BCUT2D eigenvalue weighted by molar-refractivity contribution is -0.167. The quantitative estimate of drug-likeness (QED) is 0.0261. The third-order valence-corrected chi connectivity index (χ3v) is 13.8. The number of carbonyl (C=O) groups is 3. The average Bonchev–Trinajstić information content (AvgIpc) is 3.43. The summed E-state index contributed by atoms with van der Waals surface area (Å²) in [6.45, 7) is 6.42. The maximum Gasteiger partial charge on any atom is 0.306 e. The minimum Gasteiger partial charge on any atom is -0.462 e. The van der Waals surface area contributed by atoms with Crippen molar-refractivity contribution in [2.45, 2.75) is 309 Å². The van der Waals surface area contributed by atoms with Gasteiger partial charge in [-0.15, -0.1) is 0 Å². The number of unbranched alkanes of at least 4 members (excludes halogenated alkanes) is 29. The van der Waals surface area contributed by atoms with Crippen molar-refractivity contribution in [3.63, 3.8) is 0 Å². The van der Waals surface area contributed by atoms with Gasteiger partial charge in [-0.2, -0.15) is 0 Å². The predicted molar refractivity (Wildman–Crippen MR) is 334 cm³/mol. The Morgan fingerprint density at radius 1 is 0.273 bits per heavy atom. The van der Waals surface area contributed by atoms with Crippen LogP contribution in [0.3, 0.4) is 0 Å². The fourth-order valence-corrected chi connectivity index (χ4v) is 8.98. The van der Waals surface area contributed by atoms with E-state index < -0.39 is 6.10 Å². The van der Waals surface area contributed by atoms with Gasteiger partial charge in [0, 0.05) is 19.3 Å². The van der Waals surface area contributed by atoms with E-state index in [1.807, 2.05) is 0 Å². The van der Waals surface area contributed by atoms with Gasteiger partial charge < -0.3 is 14.2 Å². The molecule has 0 N–H and O–H groups in total. The molecule has 0 amide bonds. The van der Waals surface area contributed by atoms with Crippen molar-refractivity contribution >= 4 is 17.9 Å². The Kier molecular flexibility index (Phi) is 61.3. The summed E-state index contributed by atoms with van der Waals surface area (Å²) in [5, 5.41) is 0. The minimum atomic E-state index is -0.798. The number of rotatable bonds is 58. The zero-order chi connectivity index (χ0) is 55.7. The monoisotopic (exact) mass is 1070 g/mol. The van der Waals surface area contributed by atoms with E-state index in [9.17, 15) is 14.4 Å². The fraction of sp³-hybridized carbons (Fsp3) is 0.704. The Morgan fingerprint density at radius 3 is 0.792 bits per heavy atom. The fourth-order valence-electron chi connectivity index (χ4n) is 8.98. The van der Waals surface area contributed by atoms with Crippen LogP contribution in [0, 0.1) is 0 Å². The van der Waals surface area contributed by atoms with Gasteiger partial charge in [0.2, 0.25) is 0 Å². The molecule has 0 rings (SSSR count). The summed E-state index contributed by atoms with van der Waals surface area (Å²) >= 11 is 0. The first-order chi connectivity index (χ1) is 38.0. The normalized spacial score (nSPS) is 12.8. The first-order valence-corrected chi connectivity index (χ1v) is 32.4. The molecule has 0 saturated carbocycles. The molecule has 0 saturated heterocycles. The highest BCUT2D eigenvalue weighted by atomic mass is 16.6. The molecule has 0 aromatic carbocycles. The third-order valence-electron chi connectivity index (χ3n) is 13.8. The molecular weight excluding hydrogens is 949 g/mol. The van der Waals surface area contributed by atoms with Crippen LogP contribution in [-0.2, 0) is 28.6 Å². The van der Waals surface area contributed by atoms with Crippen molar-refractivity contribution in [2.75, 3.05) is 13.2 Å². The molecule has 1 atom stereocenters. The van der Waals surface area contributed by atoms with E-state index in [4.69, 9.17) is 14.2 Å². The van der Waals surface area contributed by atoms with Crippen molar-refractivity contribution in [3.05, 3.63) is 109 Å². The second kappa shape index (κ2) is 64.6. The Hall–Kier alpha value is -3.93. The summed E-state index contributed by atoms with van der Waals surface area (Å²) in [6.07, 6.45) is 88.8. The third kappa shape index (κ3) is 62.8. The van der Waals surface area contributed by atoms with Gasteiger partial charge >= 0.3 is 17.9 Å². The maximum atomic E-state index is 12.8. The van der Waals surface area contributed by atoms with Crippen molar-refractivity contribution in [3.8, 4) is 0 Å². The summed E-state index contributed by atoms with van der Waals surface area (Å²) in [5.74, 6) is -0.964. The number of carbonyl (C=O) groups excluding carboxylic acids is 3. The Bertz CT molecular complexity index is 1560. The van der Waals surface area contributed by atoms with Crippen molar-refractivity contribution in [2.24, 2.45) is 0 Å². The van der Waals surface area contributed by atoms with Gasteiger partial charge in [0.25, 0.3) is 0 Å². The molecule has 0 aromatic rings. The van der Waals surface area contributed by atoms with Gasteiger partial charge in [0.1, 0.15) is 13.2 Å². The van der Waals surface area contributed by atoms with Crippen LogP contribution >= 0.6 is 0 Å². The van der Waals surface area contributed by atoms with E-state index in [1.54, 1.807) is 0 Å². The molecule has 77 heavy (non-hydrogen) atoms. The van der Waals surface area contributed by atoms with Crippen LogP contribution < -0.4 is 0 Å². The van der Waals surface area contributed by atoms with Crippen molar-refractivity contribution < 1.29 is 28.6 Å². The summed E-state index contributed by atoms with van der Waals surface area (Å²) in [4.78, 5) is 37.9. The predicted octanol–water partition coefficient (Wildman–Crippen LogP) is 22.2. The second-order valence-electron chi connectivity index (χ2n) is 21.3. The van der Waals surface area contributed by atoms with E-state index in [-0.39, 0.29) is 37.5 Å². The summed E-state index contributed by atoms with van der Waals surface area (Å²) in [7, 11) is 0. The zero-order valence-electron chi connectivity index (χ0n) is 50.4. The lowest BCUT2D eigenvalue weighted by Gasteiger charge is -2.18. The van der Waals surface area contributed by atoms with Crippen molar-refractivity contribution in [1.29, 1.82) is 0 Å². The van der Waals surface area contributed by atoms with E-state index in [0.29, 0.717) is 19.3 Å². The van der Waals surface area contributed by atoms with E-state index in [1.165, 1.54) is 141 Å². The molecule has 0 fully saturated rings. The molecular formula is C71H120O6. The maximum absolute atomic E-state index is 12.8. The molecule has 0 aliphatic rings. The van der Waals surface area contributed by atoms with E-state index >= 15 is 0 Å². The molecule has 0 heterocycles. The molecule has 0 aliphatic heterocycles. The Morgan fingerprint density at radius 2 is 0.506 bits per heavy atom. The highest BCUT2D eigenvalue weighted by Crippen LogP contribution is 2.17. The van der Waals surface area contributed by atoms with Gasteiger partial charge in [-0.25, -0.2) is 0 Å². The summed E-state index contributed by atoms with van der Waals surface area (Å²) < 4.78 is 16.7. The largest absolute Gasteiger partial charge is 0.462 e. The number of allylic oxidation sites excluding steroid dienone is 18. The molecule has 6 nitrogen and oxygen atoms in total. The Balaban J connectivity index is 4.14. The summed E-state index contributed by atoms with van der Waals surface area (Å²) in [6, 6.07) is 0. The molecule has 0 aliphatic carbocycles. The molecule has 6 heteroatoms. The van der Waals surface area contributed by atoms with Gasteiger partial charge in [-0.3, -0.25) is 14.4 Å². The average molecular weight is 1070 g/mol. The van der Waals surface area contributed by atoms with Crippen LogP contribution in [-0.4, -0.2) is 37.2 Å². The van der Waals surface area contributed by atoms with Crippen LogP contribution in [0.1, 0.15) is 303 Å². The van der Waals surface area contributed by atoms with Gasteiger partial charge in [-0.1, -0.05) is 310 Å². The van der Waals surface area contributed by atoms with Crippen molar-refractivity contribution in [1.82, 2.24) is 0 Å². The molecule has 0 aromatic heterocycles. The number of hydrogen-bond acceptors (Lipinski definition) is 6. The second-order valence-corrected chi connectivity index (χ2v) is 21.3. The van der Waals surface area contributed by atoms with E-state index in [0.717, 1.165) is 116 Å². The van der Waals surface area contributed by atoms with Crippen LogP contribution in [0.2, 0.25) is 0 Å². The van der Waals surface area contributed by atoms with Crippen LogP contribution in [0.15, 0.2) is 109 Å². The smallest absolute Gasteiger partial charge is 0.306 e.